The summed E-state index contributed by atoms with van der Waals surface area (Å²) in [5, 5.41) is 12.7. The number of rotatable bonds is 8. The predicted molar refractivity (Wildman–Crippen MR) is 117 cm³/mol. The molecule has 1 aliphatic heterocycles. The van der Waals surface area contributed by atoms with Crippen molar-refractivity contribution in [1.29, 1.82) is 5.26 Å². The van der Waals surface area contributed by atoms with E-state index >= 15 is 0 Å². The van der Waals surface area contributed by atoms with Gasteiger partial charge < -0.3 is 24.7 Å². The van der Waals surface area contributed by atoms with E-state index in [1.807, 2.05) is 25.1 Å². The standard InChI is InChI=1S/C23H31N5O3/c1-15-22(26-14-25-15)21(16-9-18(30-4)11-19(10-16)31-5)23(2,3)27-13-20(29)28-8-6-7-17(28)12-24/h9-11,14,17,21,27H,6-8,13H2,1-5H3,(H,25,26)/t17-,21?/m0/s1. The normalized spacial score (nSPS) is 17.3. The molecule has 2 heterocycles. The van der Waals surface area contributed by atoms with Crippen molar-refractivity contribution in [3.05, 3.63) is 41.5 Å². The van der Waals surface area contributed by atoms with Crippen molar-refractivity contribution in [2.24, 2.45) is 0 Å². The molecule has 1 fully saturated rings. The van der Waals surface area contributed by atoms with E-state index in [1.54, 1.807) is 25.4 Å². The molecule has 0 spiro atoms. The van der Waals surface area contributed by atoms with Gasteiger partial charge in [0, 0.05) is 29.8 Å². The van der Waals surface area contributed by atoms with Crippen LogP contribution < -0.4 is 14.8 Å². The van der Waals surface area contributed by atoms with Crippen molar-refractivity contribution < 1.29 is 14.3 Å². The molecule has 1 amide bonds. The zero-order chi connectivity index (χ0) is 22.6. The van der Waals surface area contributed by atoms with E-state index in [2.05, 4.69) is 35.2 Å². The number of nitrogens with zero attached hydrogens (tertiary/aromatic N) is 3. The quantitative estimate of drug-likeness (QED) is 0.674. The Morgan fingerprint density at radius 3 is 2.58 bits per heavy atom. The van der Waals surface area contributed by atoms with E-state index in [-0.39, 0.29) is 24.4 Å². The Morgan fingerprint density at radius 1 is 1.35 bits per heavy atom. The van der Waals surface area contributed by atoms with Crippen LogP contribution >= 0.6 is 0 Å². The van der Waals surface area contributed by atoms with Gasteiger partial charge in [0.25, 0.3) is 0 Å². The summed E-state index contributed by atoms with van der Waals surface area (Å²) in [6, 6.07) is 7.67. The van der Waals surface area contributed by atoms with Gasteiger partial charge in [0.05, 0.1) is 38.9 Å². The summed E-state index contributed by atoms with van der Waals surface area (Å²) in [7, 11) is 3.24. The summed E-state index contributed by atoms with van der Waals surface area (Å²) in [5.41, 5.74) is 2.27. The van der Waals surface area contributed by atoms with Crippen LogP contribution in [0.25, 0.3) is 0 Å². The lowest BCUT2D eigenvalue weighted by Crippen LogP contribution is -2.50. The van der Waals surface area contributed by atoms with Gasteiger partial charge in [0.1, 0.15) is 17.5 Å². The van der Waals surface area contributed by atoms with Crippen LogP contribution in [0.1, 0.15) is 49.6 Å². The summed E-state index contributed by atoms with van der Waals surface area (Å²) >= 11 is 0. The first kappa shape index (κ1) is 22.6. The molecule has 0 saturated carbocycles. The number of H-pyrrole nitrogens is 1. The van der Waals surface area contributed by atoms with E-state index < -0.39 is 5.54 Å². The number of nitrogens with one attached hydrogen (secondary N) is 2. The lowest BCUT2D eigenvalue weighted by molar-refractivity contribution is -0.130. The zero-order valence-corrected chi connectivity index (χ0v) is 18.9. The van der Waals surface area contributed by atoms with E-state index in [4.69, 9.17) is 9.47 Å². The molecule has 2 N–H and O–H groups in total. The Bertz CT molecular complexity index is 940. The second kappa shape index (κ2) is 9.40. The van der Waals surface area contributed by atoms with Crippen LogP contribution in [0.3, 0.4) is 0 Å². The Hall–Kier alpha value is -3.05. The number of hydrogen-bond acceptors (Lipinski definition) is 6. The molecule has 31 heavy (non-hydrogen) atoms. The van der Waals surface area contributed by atoms with Crippen molar-refractivity contribution in [2.45, 2.75) is 51.1 Å². The minimum atomic E-state index is -0.533. The number of aromatic amines is 1. The van der Waals surface area contributed by atoms with Gasteiger partial charge >= 0.3 is 0 Å². The SMILES string of the molecule is COc1cc(OC)cc(C(c2nc[nH]c2C)C(C)(C)NCC(=O)N2CCC[C@H]2C#N)c1. The Kier molecular flexibility index (Phi) is 6.86. The molecule has 1 unspecified atom stereocenters. The van der Waals surface area contributed by atoms with Crippen molar-refractivity contribution in [3.8, 4) is 17.6 Å². The number of amides is 1. The van der Waals surface area contributed by atoms with E-state index in [0.717, 1.165) is 29.8 Å². The zero-order valence-electron chi connectivity index (χ0n) is 18.9. The molecular weight excluding hydrogens is 394 g/mol. The number of aromatic nitrogens is 2. The molecule has 0 aliphatic carbocycles. The Balaban J connectivity index is 1.91. The number of nitriles is 1. The van der Waals surface area contributed by atoms with Crippen LogP contribution in [0, 0.1) is 18.3 Å². The summed E-state index contributed by atoms with van der Waals surface area (Å²) in [5.74, 6) is 1.14. The highest BCUT2D eigenvalue weighted by atomic mass is 16.5. The highest BCUT2D eigenvalue weighted by Crippen LogP contribution is 2.38. The van der Waals surface area contributed by atoms with Gasteiger partial charge in [-0.1, -0.05) is 0 Å². The Morgan fingerprint density at radius 2 is 2.03 bits per heavy atom. The molecular formula is C23H31N5O3. The van der Waals surface area contributed by atoms with Crippen LogP contribution in [0.15, 0.2) is 24.5 Å². The largest absolute Gasteiger partial charge is 0.497 e. The minimum absolute atomic E-state index is 0.0575. The van der Waals surface area contributed by atoms with Crippen molar-refractivity contribution in [1.82, 2.24) is 20.2 Å². The first-order valence-electron chi connectivity index (χ1n) is 10.5. The van der Waals surface area contributed by atoms with Gasteiger partial charge in [-0.25, -0.2) is 4.98 Å². The van der Waals surface area contributed by atoms with E-state index in [0.29, 0.717) is 18.0 Å². The number of hydrogen-bond donors (Lipinski definition) is 2. The number of ether oxygens (including phenoxy) is 2. The average Bonchev–Trinajstić information content (AvgIpc) is 3.41. The van der Waals surface area contributed by atoms with Crippen molar-refractivity contribution in [3.63, 3.8) is 0 Å². The molecule has 2 aromatic rings. The van der Waals surface area contributed by atoms with Crippen molar-refractivity contribution >= 4 is 5.91 Å². The van der Waals surface area contributed by atoms with Gasteiger partial charge in [-0.05, 0) is 51.3 Å². The topological polar surface area (TPSA) is 103 Å². The van der Waals surface area contributed by atoms with E-state index in [1.165, 1.54) is 0 Å². The van der Waals surface area contributed by atoms with Crippen LogP contribution in [0.2, 0.25) is 0 Å². The second-order valence-corrected chi connectivity index (χ2v) is 8.44. The third-order valence-corrected chi connectivity index (χ3v) is 5.99. The maximum absolute atomic E-state index is 12.8. The molecule has 1 saturated heterocycles. The molecule has 166 valence electrons. The fourth-order valence-electron chi connectivity index (χ4n) is 4.28. The third kappa shape index (κ3) is 4.83. The molecule has 2 atom stereocenters. The van der Waals surface area contributed by atoms with Crippen LogP contribution in [-0.4, -0.2) is 59.7 Å². The maximum atomic E-state index is 12.8. The molecule has 8 heteroatoms. The highest BCUT2D eigenvalue weighted by molar-refractivity contribution is 5.79. The molecule has 1 aliphatic rings. The fraction of sp³-hybridized carbons (Fsp3) is 0.522. The molecule has 1 aromatic heterocycles. The lowest BCUT2D eigenvalue weighted by Gasteiger charge is -2.36. The first-order chi connectivity index (χ1) is 14.8. The highest BCUT2D eigenvalue weighted by Gasteiger charge is 2.37. The minimum Gasteiger partial charge on any atom is -0.497 e. The number of benzene rings is 1. The average molecular weight is 426 g/mol. The van der Waals surface area contributed by atoms with Gasteiger partial charge in [-0.2, -0.15) is 5.26 Å². The van der Waals surface area contributed by atoms with Crippen LogP contribution in [0.5, 0.6) is 11.5 Å². The third-order valence-electron chi connectivity index (χ3n) is 5.99. The number of carbonyl (C=O) groups excluding carboxylic acids is 1. The Labute approximate surface area is 183 Å². The van der Waals surface area contributed by atoms with Gasteiger partial charge in [0.15, 0.2) is 0 Å². The van der Waals surface area contributed by atoms with Crippen LogP contribution in [0.4, 0.5) is 0 Å². The first-order valence-corrected chi connectivity index (χ1v) is 10.5. The molecule has 8 nitrogen and oxygen atoms in total. The molecule has 1 aromatic carbocycles. The molecule has 0 bridgehead atoms. The van der Waals surface area contributed by atoms with Crippen molar-refractivity contribution in [2.75, 3.05) is 27.3 Å². The molecule has 0 radical (unpaired) electrons. The van der Waals surface area contributed by atoms with E-state index in [9.17, 15) is 10.1 Å². The fourth-order valence-corrected chi connectivity index (χ4v) is 4.28. The predicted octanol–water partition coefficient (Wildman–Crippen LogP) is 2.75. The maximum Gasteiger partial charge on any atom is 0.237 e. The molecule has 3 rings (SSSR count). The number of likely N-dealkylation sites (tertiary alicyclic amines) is 1. The lowest BCUT2D eigenvalue weighted by atomic mass is 9.78. The van der Waals surface area contributed by atoms with Crippen LogP contribution in [-0.2, 0) is 4.79 Å². The summed E-state index contributed by atoms with van der Waals surface area (Å²) in [6.07, 6.45) is 3.29. The number of imidazole rings is 1. The summed E-state index contributed by atoms with van der Waals surface area (Å²) < 4.78 is 11.0. The number of aryl methyl sites for hydroxylation is 1. The van der Waals surface area contributed by atoms with Gasteiger partial charge in [-0.15, -0.1) is 0 Å². The monoisotopic (exact) mass is 425 g/mol. The smallest absolute Gasteiger partial charge is 0.237 e. The van der Waals surface area contributed by atoms with Gasteiger partial charge in [0.2, 0.25) is 5.91 Å². The second-order valence-electron chi connectivity index (χ2n) is 8.44. The number of methoxy groups -OCH3 is 2. The number of carbonyl (C=O) groups is 1. The van der Waals surface area contributed by atoms with Gasteiger partial charge in [-0.3, -0.25) is 4.79 Å². The summed E-state index contributed by atoms with van der Waals surface area (Å²) in [4.78, 5) is 22.2. The summed E-state index contributed by atoms with van der Waals surface area (Å²) in [6.45, 7) is 6.86.